The van der Waals surface area contributed by atoms with Crippen molar-refractivity contribution in [2.45, 2.75) is 38.6 Å². The highest BCUT2D eigenvalue weighted by molar-refractivity contribution is 9.10. The fourth-order valence-electron chi connectivity index (χ4n) is 2.54. The van der Waals surface area contributed by atoms with Crippen molar-refractivity contribution < 1.29 is 0 Å². The van der Waals surface area contributed by atoms with E-state index in [-0.39, 0.29) is 6.04 Å². The van der Waals surface area contributed by atoms with Crippen LogP contribution in [0.3, 0.4) is 0 Å². The summed E-state index contributed by atoms with van der Waals surface area (Å²) in [5.74, 6) is 0.693. The van der Waals surface area contributed by atoms with E-state index in [1.807, 2.05) is 0 Å². The number of halogens is 1. The van der Waals surface area contributed by atoms with Crippen molar-refractivity contribution in [1.82, 2.24) is 0 Å². The molecule has 1 atom stereocenters. The highest BCUT2D eigenvalue weighted by atomic mass is 79.9. The predicted octanol–water partition coefficient (Wildman–Crippen LogP) is 3.95. The summed E-state index contributed by atoms with van der Waals surface area (Å²) in [6, 6.07) is 6.64. The van der Waals surface area contributed by atoms with Gasteiger partial charge in [0.1, 0.15) is 0 Å². The van der Waals surface area contributed by atoms with E-state index in [9.17, 15) is 0 Å². The quantitative estimate of drug-likeness (QED) is 0.863. The van der Waals surface area contributed by atoms with Crippen LogP contribution >= 0.6 is 15.9 Å². The number of hydrogen-bond donors (Lipinski definition) is 1. The van der Waals surface area contributed by atoms with Gasteiger partial charge in [-0.25, -0.2) is 0 Å². The van der Waals surface area contributed by atoms with Gasteiger partial charge in [-0.3, -0.25) is 0 Å². The first-order valence-electron chi connectivity index (χ1n) is 5.70. The van der Waals surface area contributed by atoms with Gasteiger partial charge in [0.15, 0.2) is 0 Å². The predicted molar refractivity (Wildman–Crippen MR) is 67.8 cm³/mol. The van der Waals surface area contributed by atoms with Gasteiger partial charge in [-0.1, -0.05) is 34.8 Å². The van der Waals surface area contributed by atoms with Crippen molar-refractivity contribution in [2.75, 3.05) is 0 Å². The van der Waals surface area contributed by atoms with Gasteiger partial charge in [-0.2, -0.15) is 0 Å². The van der Waals surface area contributed by atoms with E-state index in [0.717, 1.165) is 4.47 Å². The van der Waals surface area contributed by atoms with Crippen LogP contribution in [0.5, 0.6) is 0 Å². The lowest BCUT2D eigenvalue weighted by molar-refractivity contribution is 0.443. The molecule has 2 heteroatoms. The summed E-state index contributed by atoms with van der Waals surface area (Å²) in [6.45, 7) is 2.15. The van der Waals surface area contributed by atoms with E-state index in [1.54, 1.807) is 0 Å². The molecule has 15 heavy (non-hydrogen) atoms. The molecule has 0 aromatic heterocycles. The highest BCUT2D eigenvalue weighted by Crippen LogP contribution is 2.35. The second-order valence-corrected chi connectivity index (χ2v) is 5.49. The number of benzene rings is 1. The minimum Gasteiger partial charge on any atom is -0.324 e. The summed E-state index contributed by atoms with van der Waals surface area (Å²) in [6.07, 6.45) is 5.30. The van der Waals surface area contributed by atoms with E-state index >= 15 is 0 Å². The van der Waals surface area contributed by atoms with Crippen LogP contribution in [0.4, 0.5) is 0 Å². The molecule has 0 bridgehead atoms. The maximum atomic E-state index is 6.35. The fraction of sp³-hybridized carbons (Fsp3) is 0.538. The monoisotopic (exact) mass is 267 g/mol. The Morgan fingerprint density at radius 3 is 2.67 bits per heavy atom. The molecule has 0 spiro atoms. The van der Waals surface area contributed by atoms with Crippen LogP contribution in [0.1, 0.15) is 42.9 Å². The molecule has 0 unspecified atom stereocenters. The third-order valence-corrected chi connectivity index (χ3v) is 4.00. The van der Waals surface area contributed by atoms with Gasteiger partial charge in [0.25, 0.3) is 0 Å². The van der Waals surface area contributed by atoms with E-state index in [2.05, 4.69) is 41.1 Å². The van der Waals surface area contributed by atoms with Gasteiger partial charge in [0.05, 0.1) is 0 Å². The van der Waals surface area contributed by atoms with Crippen molar-refractivity contribution >= 4 is 15.9 Å². The molecule has 1 aromatic rings. The molecule has 0 saturated heterocycles. The van der Waals surface area contributed by atoms with Crippen molar-refractivity contribution in [3.05, 3.63) is 33.8 Å². The number of nitrogens with two attached hydrogens (primary N) is 1. The van der Waals surface area contributed by atoms with Gasteiger partial charge < -0.3 is 5.73 Å². The number of hydrogen-bond acceptors (Lipinski definition) is 1. The fourth-order valence-corrected chi connectivity index (χ4v) is 2.92. The minimum absolute atomic E-state index is 0.227. The lowest BCUT2D eigenvalue weighted by atomic mass is 9.90. The van der Waals surface area contributed by atoms with Crippen molar-refractivity contribution in [3.8, 4) is 0 Å². The molecule has 82 valence electrons. The van der Waals surface area contributed by atoms with Crippen LogP contribution in [-0.4, -0.2) is 0 Å². The summed E-state index contributed by atoms with van der Waals surface area (Å²) >= 11 is 3.52. The summed E-state index contributed by atoms with van der Waals surface area (Å²) in [5.41, 5.74) is 8.98. The molecule has 0 radical (unpaired) electrons. The van der Waals surface area contributed by atoms with E-state index in [1.165, 1.54) is 36.8 Å². The molecule has 1 aliphatic carbocycles. The lowest BCUT2D eigenvalue weighted by Gasteiger charge is -2.21. The lowest BCUT2D eigenvalue weighted by Crippen LogP contribution is -2.20. The Morgan fingerprint density at radius 2 is 2.00 bits per heavy atom. The summed E-state index contributed by atoms with van der Waals surface area (Å²) in [5, 5.41) is 0. The molecule has 1 aromatic carbocycles. The van der Waals surface area contributed by atoms with Crippen LogP contribution in [0.2, 0.25) is 0 Å². The molecular formula is C13H18BrN. The first-order valence-corrected chi connectivity index (χ1v) is 6.49. The van der Waals surface area contributed by atoms with Crippen LogP contribution in [0.15, 0.2) is 22.7 Å². The second-order valence-electron chi connectivity index (χ2n) is 4.57. The largest absolute Gasteiger partial charge is 0.324 e. The maximum absolute atomic E-state index is 6.35. The zero-order valence-electron chi connectivity index (χ0n) is 9.17. The Bertz CT molecular complexity index is 342. The molecule has 0 heterocycles. The van der Waals surface area contributed by atoms with E-state index in [0.29, 0.717) is 5.92 Å². The molecule has 1 aliphatic rings. The Kier molecular flexibility index (Phi) is 3.47. The number of rotatable bonds is 2. The van der Waals surface area contributed by atoms with Crippen LogP contribution in [0, 0.1) is 12.8 Å². The van der Waals surface area contributed by atoms with E-state index in [4.69, 9.17) is 5.73 Å². The zero-order valence-corrected chi connectivity index (χ0v) is 10.8. The summed E-state index contributed by atoms with van der Waals surface area (Å²) in [4.78, 5) is 0. The molecule has 0 aliphatic heterocycles. The molecule has 1 saturated carbocycles. The highest BCUT2D eigenvalue weighted by Gasteiger charge is 2.24. The Hall–Kier alpha value is -0.340. The van der Waals surface area contributed by atoms with Gasteiger partial charge in [-0.05, 0) is 48.9 Å². The molecule has 1 fully saturated rings. The normalized spacial score (nSPS) is 19.4. The molecule has 1 nitrogen and oxygen atoms in total. The second kappa shape index (κ2) is 4.67. The number of aryl methyl sites for hydroxylation is 1. The summed E-state index contributed by atoms with van der Waals surface area (Å²) < 4.78 is 1.14. The van der Waals surface area contributed by atoms with Gasteiger partial charge >= 0.3 is 0 Å². The third-order valence-electron chi connectivity index (χ3n) is 3.51. The van der Waals surface area contributed by atoms with Crippen molar-refractivity contribution in [1.29, 1.82) is 0 Å². The van der Waals surface area contributed by atoms with Crippen molar-refractivity contribution in [2.24, 2.45) is 11.7 Å². The standard InChI is InChI=1S/C13H18BrN/c1-9-6-7-11(14)8-12(9)13(15)10-4-2-3-5-10/h6-8,10,13H,2-5,15H2,1H3/t13-/m1/s1. The molecule has 2 rings (SSSR count). The topological polar surface area (TPSA) is 26.0 Å². The average Bonchev–Trinajstić information content (AvgIpc) is 2.74. The molecular weight excluding hydrogens is 250 g/mol. The maximum Gasteiger partial charge on any atom is 0.0326 e. The molecule has 2 N–H and O–H groups in total. The van der Waals surface area contributed by atoms with Gasteiger partial charge in [0.2, 0.25) is 0 Å². The average molecular weight is 268 g/mol. The first-order chi connectivity index (χ1) is 7.18. The van der Waals surface area contributed by atoms with Gasteiger partial charge in [-0.15, -0.1) is 0 Å². The Balaban J connectivity index is 2.23. The van der Waals surface area contributed by atoms with Crippen molar-refractivity contribution in [3.63, 3.8) is 0 Å². The zero-order chi connectivity index (χ0) is 10.8. The minimum atomic E-state index is 0.227. The smallest absolute Gasteiger partial charge is 0.0326 e. The molecule has 0 amide bonds. The van der Waals surface area contributed by atoms with Gasteiger partial charge in [0, 0.05) is 10.5 Å². The van der Waals surface area contributed by atoms with Crippen LogP contribution in [-0.2, 0) is 0 Å². The van der Waals surface area contributed by atoms with Crippen LogP contribution in [0.25, 0.3) is 0 Å². The SMILES string of the molecule is Cc1ccc(Br)cc1[C@H](N)C1CCCC1. The third kappa shape index (κ3) is 2.43. The first kappa shape index (κ1) is 11.2. The Labute approximate surface area is 100 Å². The van der Waals surface area contributed by atoms with Crippen LogP contribution < -0.4 is 5.73 Å². The Morgan fingerprint density at radius 1 is 1.33 bits per heavy atom. The van der Waals surface area contributed by atoms with E-state index < -0.39 is 0 Å². The summed E-state index contributed by atoms with van der Waals surface area (Å²) in [7, 11) is 0.